The Bertz CT molecular complexity index is 1530. The van der Waals surface area contributed by atoms with Gasteiger partial charge in [0, 0.05) is 31.7 Å². The zero-order valence-electron chi connectivity index (χ0n) is 21.8. The van der Waals surface area contributed by atoms with E-state index in [9.17, 15) is 22.4 Å². The predicted molar refractivity (Wildman–Crippen MR) is 143 cm³/mol. The van der Waals surface area contributed by atoms with Gasteiger partial charge in [0.05, 0.1) is 41.9 Å². The van der Waals surface area contributed by atoms with Gasteiger partial charge in [0.2, 0.25) is 0 Å². The maximum absolute atomic E-state index is 14.7. The first-order chi connectivity index (χ1) is 19.7. The molecule has 0 aliphatic heterocycles. The van der Waals surface area contributed by atoms with Crippen molar-refractivity contribution < 1.29 is 27.1 Å². The molecule has 41 heavy (non-hydrogen) atoms. The number of benzene rings is 2. The summed E-state index contributed by atoms with van der Waals surface area (Å²) in [5, 5.41) is 13.3. The summed E-state index contributed by atoms with van der Waals surface area (Å²) in [6.07, 6.45) is 2.64. The quantitative estimate of drug-likeness (QED) is 0.248. The number of anilines is 2. The van der Waals surface area contributed by atoms with Crippen LogP contribution < -0.4 is 20.3 Å². The molecule has 2 aromatic heterocycles. The van der Waals surface area contributed by atoms with Gasteiger partial charge in [-0.05, 0) is 43.2 Å². The summed E-state index contributed by atoms with van der Waals surface area (Å²) in [5.74, 6) is -2.56. The van der Waals surface area contributed by atoms with Gasteiger partial charge in [0.25, 0.3) is 5.91 Å². The molecule has 0 spiro atoms. The van der Waals surface area contributed by atoms with Crippen LogP contribution in [0.1, 0.15) is 28.9 Å². The molecule has 9 nitrogen and oxygen atoms in total. The fourth-order valence-corrected chi connectivity index (χ4v) is 4.15. The molecule has 0 saturated heterocycles. The van der Waals surface area contributed by atoms with Gasteiger partial charge >= 0.3 is 6.18 Å². The molecule has 1 saturated carbocycles. The summed E-state index contributed by atoms with van der Waals surface area (Å²) in [5.41, 5.74) is -0.853. The minimum Gasteiger partial charge on any atom is -0.454 e. The highest BCUT2D eigenvalue weighted by Crippen LogP contribution is 2.47. The number of para-hydroxylation sites is 1. The number of hydrogen-bond donors (Lipinski definition) is 2. The summed E-state index contributed by atoms with van der Waals surface area (Å²) in [6.45, 7) is 0.605. The van der Waals surface area contributed by atoms with Crippen molar-refractivity contribution in [3.05, 3.63) is 84.3 Å². The molecule has 0 bridgehead atoms. The number of nitrogens with one attached hydrogen (secondary N) is 2. The fraction of sp³-hybridized carbons (Fsp3) is 0.250. The lowest BCUT2D eigenvalue weighted by molar-refractivity contribution is -0.138. The van der Waals surface area contributed by atoms with Crippen LogP contribution in [-0.2, 0) is 6.18 Å². The third-order valence-electron chi connectivity index (χ3n) is 6.31. The number of hydrogen-bond acceptors (Lipinski definition) is 8. The Morgan fingerprint density at radius 2 is 1.85 bits per heavy atom. The lowest BCUT2D eigenvalue weighted by Gasteiger charge is -2.28. The summed E-state index contributed by atoms with van der Waals surface area (Å²) in [6, 6.07) is 9.49. The zero-order chi connectivity index (χ0) is 29.0. The Labute approximate surface area is 232 Å². The van der Waals surface area contributed by atoms with Gasteiger partial charge in [-0.15, -0.1) is 0 Å². The number of carbonyl (C=O) groups excluding carboxylic acids is 1. The molecule has 0 unspecified atom stereocenters. The number of alkyl halides is 3. The molecule has 0 atom stereocenters. The summed E-state index contributed by atoms with van der Waals surface area (Å²) in [4.78, 5) is 22.9. The van der Waals surface area contributed by atoms with E-state index in [1.807, 2.05) is 0 Å². The van der Waals surface area contributed by atoms with E-state index >= 15 is 0 Å². The zero-order valence-corrected chi connectivity index (χ0v) is 21.8. The molecule has 2 aromatic carbocycles. The molecule has 2 heterocycles. The van der Waals surface area contributed by atoms with Crippen LogP contribution in [0.2, 0.25) is 0 Å². The molecule has 1 amide bonds. The van der Waals surface area contributed by atoms with Gasteiger partial charge in [0.15, 0.2) is 11.6 Å². The number of rotatable bonds is 10. The minimum absolute atomic E-state index is 0.122. The summed E-state index contributed by atoms with van der Waals surface area (Å²) >= 11 is 0. The largest absolute Gasteiger partial charge is 0.454 e. The second-order valence-corrected chi connectivity index (χ2v) is 9.39. The SMILES string of the molecule is CN(CCNC1CC1)c1c(NC(=O)c2cncc(-c3ccnnc3)n2)ccc(Oc2ccccc2F)c1C(F)(F)F. The van der Waals surface area contributed by atoms with Crippen molar-refractivity contribution in [2.24, 2.45) is 0 Å². The van der Waals surface area contributed by atoms with Crippen LogP contribution in [0.3, 0.4) is 0 Å². The Morgan fingerprint density at radius 1 is 1.05 bits per heavy atom. The van der Waals surface area contributed by atoms with Crippen molar-refractivity contribution in [3.8, 4) is 22.8 Å². The molecule has 212 valence electrons. The van der Waals surface area contributed by atoms with Crippen LogP contribution in [0, 0.1) is 5.82 Å². The number of likely N-dealkylation sites (N-methyl/N-ethyl adjacent to an activating group) is 1. The van der Waals surface area contributed by atoms with E-state index in [0.29, 0.717) is 23.8 Å². The second-order valence-electron chi connectivity index (χ2n) is 9.39. The van der Waals surface area contributed by atoms with Gasteiger partial charge in [-0.1, -0.05) is 12.1 Å². The van der Waals surface area contributed by atoms with Crippen LogP contribution in [0.15, 0.2) is 67.3 Å². The Morgan fingerprint density at radius 3 is 2.56 bits per heavy atom. The Hall–Kier alpha value is -4.65. The van der Waals surface area contributed by atoms with Gasteiger partial charge in [0.1, 0.15) is 17.0 Å². The number of nitrogens with zero attached hydrogens (tertiary/aromatic N) is 5. The number of halogens is 4. The van der Waals surface area contributed by atoms with Crippen LogP contribution in [0.4, 0.5) is 28.9 Å². The van der Waals surface area contributed by atoms with Crippen LogP contribution >= 0.6 is 0 Å². The highest BCUT2D eigenvalue weighted by molar-refractivity contribution is 6.05. The molecular formula is C28H25F4N7O2. The molecule has 1 aliphatic rings. The normalized spacial score (nSPS) is 13.1. The Balaban J connectivity index is 1.52. The molecule has 1 fully saturated rings. The highest BCUT2D eigenvalue weighted by Gasteiger charge is 2.40. The monoisotopic (exact) mass is 567 g/mol. The molecule has 1 aliphatic carbocycles. The first-order valence-corrected chi connectivity index (χ1v) is 12.7. The van der Waals surface area contributed by atoms with E-state index < -0.39 is 29.2 Å². The third kappa shape index (κ3) is 6.74. The lowest BCUT2D eigenvalue weighted by Crippen LogP contribution is -2.32. The molecule has 0 radical (unpaired) electrons. The average Bonchev–Trinajstić information content (AvgIpc) is 3.79. The maximum atomic E-state index is 14.7. The smallest absolute Gasteiger partial charge is 0.422 e. The average molecular weight is 568 g/mol. The van der Waals surface area contributed by atoms with E-state index in [1.165, 1.54) is 61.0 Å². The lowest BCUT2D eigenvalue weighted by atomic mass is 10.1. The molecule has 4 aromatic rings. The van der Waals surface area contributed by atoms with Gasteiger partial charge < -0.3 is 20.3 Å². The maximum Gasteiger partial charge on any atom is 0.422 e. The van der Waals surface area contributed by atoms with Crippen molar-refractivity contribution in [3.63, 3.8) is 0 Å². The number of carbonyl (C=O) groups is 1. The van der Waals surface area contributed by atoms with E-state index in [1.54, 1.807) is 6.07 Å². The van der Waals surface area contributed by atoms with Crippen LogP contribution in [0.5, 0.6) is 11.5 Å². The Kier molecular flexibility index (Phi) is 8.06. The van der Waals surface area contributed by atoms with Crippen molar-refractivity contribution in [1.82, 2.24) is 25.5 Å². The summed E-state index contributed by atoms with van der Waals surface area (Å²) < 4.78 is 63.7. The van der Waals surface area contributed by atoms with Crippen LogP contribution in [0.25, 0.3) is 11.3 Å². The topological polar surface area (TPSA) is 105 Å². The number of aromatic nitrogens is 4. The van der Waals surface area contributed by atoms with Crippen molar-refractivity contribution >= 4 is 17.3 Å². The van der Waals surface area contributed by atoms with E-state index in [2.05, 4.69) is 30.8 Å². The van der Waals surface area contributed by atoms with Crippen molar-refractivity contribution in [2.75, 3.05) is 30.4 Å². The van der Waals surface area contributed by atoms with Crippen molar-refractivity contribution in [1.29, 1.82) is 0 Å². The third-order valence-corrected chi connectivity index (χ3v) is 6.31. The minimum atomic E-state index is -4.91. The molecular weight excluding hydrogens is 542 g/mol. The van der Waals surface area contributed by atoms with Crippen molar-refractivity contribution in [2.45, 2.75) is 25.1 Å². The fourth-order valence-electron chi connectivity index (χ4n) is 4.15. The number of amides is 1. The van der Waals surface area contributed by atoms with Gasteiger partial charge in [-0.3, -0.25) is 9.78 Å². The predicted octanol–water partition coefficient (Wildman–Crippen LogP) is 5.32. The first-order valence-electron chi connectivity index (χ1n) is 12.7. The first kappa shape index (κ1) is 27.9. The number of ether oxygens (including phenoxy) is 1. The van der Waals surface area contributed by atoms with E-state index in [-0.39, 0.29) is 29.4 Å². The standard InChI is InChI=1S/C28H25F4N7O2/c1-39(13-12-34-18-6-7-18)26-20(38-27(40)22-16-33-15-21(37-22)17-10-11-35-36-14-17)8-9-24(25(26)28(30,31)32)41-23-5-3-2-4-19(23)29/h2-5,8-11,14-16,18,34H,6-7,12-13H2,1H3,(H,38,40). The molecule has 2 N–H and O–H groups in total. The highest BCUT2D eigenvalue weighted by atomic mass is 19.4. The second kappa shape index (κ2) is 11.8. The van der Waals surface area contributed by atoms with Gasteiger partial charge in [-0.2, -0.15) is 23.4 Å². The van der Waals surface area contributed by atoms with Gasteiger partial charge in [-0.25, -0.2) is 9.37 Å². The van der Waals surface area contributed by atoms with Crippen LogP contribution in [-0.4, -0.2) is 52.3 Å². The molecule has 5 rings (SSSR count). The van der Waals surface area contributed by atoms with E-state index in [4.69, 9.17) is 4.74 Å². The summed E-state index contributed by atoms with van der Waals surface area (Å²) in [7, 11) is 1.48. The molecule has 13 heteroatoms. The van der Waals surface area contributed by atoms with E-state index in [0.717, 1.165) is 25.0 Å².